The van der Waals surface area contributed by atoms with Crippen molar-refractivity contribution in [3.05, 3.63) is 24.3 Å². The molecule has 2 heterocycles. The minimum Gasteiger partial charge on any atom is -0.353 e. The number of hydrogen-bond donors (Lipinski definition) is 2. The molecular formula is C9H12N4O. The van der Waals surface area contributed by atoms with Gasteiger partial charge in [0.15, 0.2) is 0 Å². The van der Waals surface area contributed by atoms with Gasteiger partial charge in [-0.05, 0) is 6.92 Å². The van der Waals surface area contributed by atoms with Crippen LogP contribution in [0, 0.1) is 0 Å². The van der Waals surface area contributed by atoms with Gasteiger partial charge < -0.3 is 5.32 Å². The molecule has 1 saturated heterocycles. The third-order valence-corrected chi connectivity index (χ3v) is 2.27. The monoisotopic (exact) mass is 192 g/mol. The SMILES string of the molecule is C[C@@H]1NC(c2cnccn2)CNC1=O. The van der Waals surface area contributed by atoms with Crippen LogP contribution in [-0.4, -0.2) is 28.5 Å². The highest BCUT2D eigenvalue weighted by Crippen LogP contribution is 2.11. The molecule has 74 valence electrons. The first-order chi connectivity index (χ1) is 6.77. The number of nitrogens with one attached hydrogen (secondary N) is 2. The minimum atomic E-state index is -0.171. The Morgan fingerprint density at radius 3 is 3.00 bits per heavy atom. The Hall–Kier alpha value is -1.49. The lowest BCUT2D eigenvalue weighted by Gasteiger charge is -2.28. The van der Waals surface area contributed by atoms with E-state index in [1.807, 2.05) is 6.92 Å². The molecule has 1 unspecified atom stereocenters. The molecule has 0 aromatic carbocycles. The lowest BCUT2D eigenvalue weighted by atomic mass is 10.1. The number of carbonyl (C=O) groups is 1. The normalized spacial score (nSPS) is 27.1. The summed E-state index contributed by atoms with van der Waals surface area (Å²) in [6.07, 6.45) is 4.99. The van der Waals surface area contributed by atoms with Gasteiger partial charge in [-0.25, -0.2) is 0 Å². The van der Waals surface area contributed by atoms with E-state index in [1.54, 1.807) is 18.6 Å². The summed E-state index contributed by atoms with van der Waals surface area (Å²) in [5, 5.41) is 5.98. The smallest absolute Gasteiger partial charge is 0.236 e. The zero-order chi connectivity index (χ0) is 9.97. The fourth-order valence-electron chi connectivity index (χ4n) is 1.47. The molecule has 1 aromatic heterocycles. The Kier molecular flexibility index (Phi) is 2.41. The Bertz CT molecular complexity index is 327. The van der Waals surface area contributed by atoms with Crippen molar-refractivity contribution >= 4 is 5.91 Å². The van der Waals surface area contributed by atoms with Gasteiger partial charge in [0, 0.05) is 18.9 Å². The maximum absolute atomic E-state index is 11.2. The van der Waals surface area contributed by atoms with Crippen LogP contribution >= 0.6 is 0 Å². The number of nitrogens with zero attached hydrogens (tertiary/aromatic N) is 2. The van der Waals surface area contributed by atoms with E-state index in [2.05, 4.69) is 20.6 Å². The number of rotatable bonds is 1. The van der Waals surface area contributed by atoms with Gasteiger partial charge in [0.05, 0.1) is 24.0 Å². The lowest BCUT2D eigenvalue weighted by molar-refractivity contribution is -0.124. The van der Waals surface area contributed by atoms with Crippen LogP contribution in [-0.2, 0) is 4.79 Å². The first kappa shape index (κ1) is 9.08. The van der Waals surface area contributed by atoms with Crippen molar-refractivity contribution < 1.29 is 4.79 Å². The Labute approximate surface area is 82.0 Å². The fourth-order valence-corrected chi connectivity index (χ4v) is 1.47. The molecule has 1 aliphatic heterocycles. The first-order valence-corrected chi connectivity index (χ1v) is 4.57. The molecule has 2 N–H and O–H groups in total. The largest absolute Gasteiger partial charge is 0.353 e. The van der Waals surface area contributed by atoms with Crippen molar-refractivity contribution in [1.82, 2.24) is 20.6 Å². The summed E-state index contributed by atoms with van der Waals surface area (Å²) < 4.78 is 0. The number of aromatic nitrogens is 2. The zero-order valence-corrected chi connectivity index (χ0v) is 7.90. The Morgan fingerprint density at radius 1 is 1.50 bits per heavy atom. The second-order valence-electron chi connectivity index (χ2n) is 3.32. The second-order valence-corrected chi connectivity index (χ2v) is 3.32. The minimum absolute atomic E-state index is 0.0325. The van der Waals surface area contributed by atoms with Crippen LogP contribution in [0.1, 0.15) is 18.7 Å². The standard InChI is InChI=1S/C9H12N4O/c1-6-9(14)12-5-8(13-6)7-4-10-2-3-11-7/h2-4,6,8,13H,5H2,1H3,(H,12,14)/t6-,8?/m0/s1. The van der Waals surface area contributed by atoms with E-state index in [0.717, 1.165) is 5.69 Å². The quantitative estimate of drug-likeness (QED) is 0.637. The zero-order valence-electron chi connectivity index (χ0n) is 7.90. The van der Waals surface area contributed by atoms with Crippen molar-refractivity contribution in [3.63, 3.8) is 0 Å². The molecule has 2 rings (SSSR count). The topological polar surface area (TPSA) is 66.9 Å². The lowest BCUT2D eigenvalue weighted by Crippen LogP contribution is -2.53. The van der Waals surface area contributed by atoms with Gasteiger partial charge in [-0.3, -0.25) is 20.1 Å². The predicted octanol–water partition coefficient (Wildman–Crippen LogP) is -0.374. The summed E-state index contributed by atoms with van der Waals surface area (Å²) in [6.45, 7) is 2.40. The maximum atomic E-state index is 11.2. The average Bonchev–Trinajstić information content (AvgIpc) is 2.23. The van der Waals surface area contributed by atoms with Crippen LogP contribution in [0.25, 0.3) is 0 Å². The average molecular weight is 192 g/mol. The van der Waals surface area contributed by atoms with E-state index in [-0.39, 0.29) is 18.0 Å². The molecule has 2 atom stereocenters. The third-order valence-electron chi connectivity index (χ3n) is 2.27. The van der Waals surface area contributed by atoms with Crippen LogP contribution in [0.5, 0.6) is 0 Å². The molecule has 0 radical (unpaired) electrons. The van der Waals surface area contributed by atoms with Gasteiger partial charge in [0.25, 0.3) is 0 Å². The summed E-state index contributed by atoms with van der Waals surface area (Å²) in [5.41, 5.74) is 0.861. The van der Waals surface area contributed by atoms with E-state index in [0.29, 0.717) is 6.54 Å². The highest BCUT2D eigenvalue weighted by molar-refractivity contribution is 5.82. The highest BCUT2D eigenvalue weighted by Gasteiger charge is 2.25. The maximum Gasteiger partial charge on any atom is 0.236 e. The van der Waals surface area contributed by atoms with Gasteiger partial charge in [0.2, 0.25) is 5.91 Å². The highest BCUT2D eigenvalue weighted by atomic mass is 16.2. The molecule has 1 fully saturated rings. The van der Waals surface area contributed by atoms with Gasteiger partial charge in [-0.15, -0.1) is 0 Å². The van der Waals surface area contributed by atoms with Crippen LogP contribution in [0.3, 0.4) is 0 Å². The summed E-state index contributed by atoms with van der Waals surface area (Å²) in [7, 11) is 0. The summed E-state index contributed by atoms with van der Waals surface area (Å²) >= 11 is 0. The Morgan fingerprint density at radius 2 is 2.36 bits per heavy atom. The van der Waals surface area contributed by atoms with Crippen LogP contribution in [0.15, 0.2) is 18.6 Å². The molecule has 0 spiro atoms. The van der Waals surface area contributed by atoms with Gasteiger partial charge >= 0.3 is 0 Å². The van der Waals surface area contributed by atoms with Crippen molar-refractivity contribution in [3.8, 4) is 0 Å². The molecule has 14 heavy (non-hydrogen) atoms. The number of hydrogen-bond acceptors (Lipinski definition) is 4. The Balaban J connectivity index is 2.11. The van der Waals surface area contributed by atoms with Crippen molar-refractivity contribution in [2.24, 2.45) is 0 Å². The third kappa shape index (κ3) is 1.72. The molecule has 1 aliphatic rings. The second kappa shape index (κ2) is 3.71. The van der Waals surface area contributed by atoms with Crippen LogP contribution in [0.2, 0.25) is 0 Å². The number of carbonyl (C=O) groups excluding carboxylic acids is 1. The van der Waals surface area contributed by atoms with Crippen molar-refractivity contribution in [2.45, 2.75) is 19.0 Å². The van der Waals surface area contributed by atoms with E-state index < -0.39 is 0 Å². The fraction of sp³-hybridized carbons (Fsp3) is 0.444. The molecule has 5 heteroatoms. The molecule has 1 amide bonds. The van der Waals surface area contributed by atoms with E-state index >= 15 is 0 Å². The van der Waals surface area contributed by atoms with Crippen LogP contribution < -0.4 is 10.6 Å². The van der Waals surface area contributed by atoms with Crippen molar-refractivity contribution in [2.75, 3.05) is 6.54 Å². The van der Waals surface area contributed by atoms with Gasteiger partial charge in [-0.1, -0.05) is 0 Å². The van der Waals surface area contributed by atoms with Crippen LogP contribution in [0.4, 0.5) is 0 Å². The first-order valence-electron chi connectivity index (χ1n) is 4.57. The molecule has 5 nitrogen and oxygen atoms in total. The summed E-state index contributed by atoms with van der Waals surface area (Å²) in [4.78, 5) is 19.3. The molecule has 0 aliphatic carbocycles. The van der Waals surface area contributed by atoms with E-state index in [4.69, 9.17) is 0 Å². The van der Waals surface area contributed by atoms with Gasteiger partial charge in [-0.2, -0.15) is 0 Å². The van der Waals surface area contributed by atoms with Crippen molar-refractivity contribution in [1.29, 1.82) is 0 Å². The molecular weight excluding hydrogens is 180 g/mol. The van der Waals surface area contributed by atoms with E-state index in [9.17, 15) is 4.79 Å². The molecule has 0 bridgehead atoms. The number of amides is 1. The predicted molar refractivity (Wildman–Crippen MR) is 50.4 cm³/mol. The molecule has 1 aromatic rings. The molecule has 0 saturated carbocycles. The van der Waals surface area contributed by atoms with Gasteiger partial charge in [0.1, 0.15) is 0 Å². The summed E-state index contributed by atoms with van der Waals surface area (Å²) in [6, 6.07) is -0.104. The number of piperazine rings is 1. The van der Waals surface area contributed by atoms with E-state index in [1.165, 1.54) is 0 Å². The summed E-state index contributed by atoms with van der Waals surface area (Å²) in [5.74, 6) is 0.0325.